The second-order valence-electron chi connectivity index (χ2n) is 4.55. The van der Waals surface area contributed by atoms with Gasteiger partial charge in [-0.25, -0.2) is 0 Å². The Labute approximate surface area is 107 Å². The highest BCUT2D eigenvalue weighted by Crippen LogP contribution is 2.26. The standard InChI is InChI=1S/C15H16N2O/c1-2-6-15(18-14-5-3-9-16-11-14)12(4-1)10-17-13-7-8-13/h1-6,9,11,13,17H,7-8,10H2. The topological polar surface area (TPSA) is 34.1 Å². The molecule has 1 aromatic carbocycles. The highest BCUT2D eigenvalue weighted by atomic mass is 16.5. The van der Waals surface area contributed by atoms with Crippen LogP contribution in [0.15, 0.2) is 48.8 Å². The van der Waals surface area contributed by atoms with Crippen LogP contribution in [0, 0.1) is 0 Å². The van der Waals surface area contributed by atoms with E-state index in [2.05, 4.69) is 16.4 Å². The van der Waals surface area contributed by atoms with Gasteiger partial charge in [0, 0.05) is 24.3 Å². The van der Waals surface area contributed by atoms with Crippen LogP contribution in [-0.4, -0.2) is 11.0 Å². The van der Waals surface area contributed by atoms with Crippen LogP contribution in [0.25, 0.3) is 0 Å². The Balaban J connectivity index is 1.73. The van der Waals surface area contributed by atoms with Crippen molar-refractivity contribution in [2.24, 2.45) is 0 Å². The molecule has 1 aliphatic rings. The number of para-hydroxylation sites is 1. The van der Waals surface area contributed by atoms with E-state index >= 15 is 0 Å². The molecule has 3 heteroatoms. The summed E-state index contributed by atoms with van der Waals surface area (Å²) in [5.74, 6) is 1.68. The van der Waals surface area contributed by atoms with Crippen molar-refractivity contribution in [2.45, 2.75) is 25.4 Å². The molecule has 0 saturated heterocycles. The fourth-order valence-electron chi connectivity index (χ4n) is 1.83. The van der Waals surface area contributed by atoms with E-state index < -0.39 is 0 Å². The van der Waals surface area contributed by atoms with E-state index in [9.17, 15) is 0 Å². The molecule has 1 heterocycles. The summed E-state index contributed by atoms with van der Waals surface area (Å²) in [5, 5.41) is 3.50. The van der Waals surface area contributed by atoms with Crippen molar-refractivity contribution in [3.05, 3.63) is 54.4 Å². The zero-order valence-electron chi connectivity index (χ0n) is 10.2. The van der Waals surface area contributed by atoms with Crippen LogP contribution in [-0.2, 0) is 6.54 Å². The summed E-state index contributed by atoms with van der Waals surface area (Å²) >= 11 is 0. The largest absolute Gasteiger partial charge is 0.455 e. The van der Waals surface area contributed by atoms with Crippen molar-refractivity contribution in [3.8, 4) is 11.5 Å². The molecule has 18 heavy (non-hydrogen) atoms. The third-order valence-electron chi connectivity index (χ3n) is 2.99. The molecule has 1 N–H and O–H groups in total. The van der Waals surface area contributed by atoms with Gasteiger partial charge in [0.2, 0.25) is 0 Å². The number of pyridine rings is 1. The molecule has 1 saturated carbocycles. The molecule has 0 atom stereocenters. The molecule has 0 aliphatic heterocycles. The van der Waals surface area contributed by atoms with Gasteiger partial charge in [-0.05, 0) is 31.0 Å². The van der Waals surface area contributed by atoms with Crippen molar-refractivity contribution in [1.29, 1.82) is 0 Å². The highest BCUT2D eigenvalue weighted by Gasteiger charge is 2.20. The minimum atomic E-state index is 0.705. The van der Waals surface area contributed by atoms with E-state index in [4.69, 9.17) is 4.74 Å². The van der Waals surface area contributed by atoms with Crippen molar-refractivity contribution in [1.82, 2.24) is 10.3 Å². The Kier molecular flexibility index (Phi) is 3.24. The molecule has 1 fully saturated rings. The number of nitrogens with one attached hydrogen (secondary N) is 1. The highest BCUT2D eigenvalue weighted by molar-refractivity contribution is 5.37. The molecule has 0 amide bonds. The predicted molar refractivity (Wildman–Crippen MR) is 70.6 cm³/mol. The van der Waals surface area contributed by atoms with Gasteiger partial charge in [0.1, 0.15) is 11.5 Å². The zero-order valence-corrected chi connectivity index (χ0v) is 10.2. The third kappa shape index (κ3) is 2.87. The van der Waals surface area contributed by atoms with E-state index in [-0.39, 0.29) is 0 Å². The number of ether oxygens (including phenoxy) is 1. The molecular formula is C15H16N2O. The summed E-state index contributed by atoms with van der Waals surface area (Å²) < 4.78 is 5.86. The summed E-state index contributed by atoms with van der Waals surface area (Å²) in [5.41, 5.74) is 1.19. The maximum atomic E-state index is 5.86. The summed E-state index contributed by atoms with van der Waals surface area (Å²) in [6.45, 7) is 0.862. The molecule has 0 spiro atoms. The lowest BCUT2D eigenvalue weighted by atomic mass is 10.2. The minimum absolute atomic E-state index is 0.705. The molecule has 3 nitrogen and oxygen atoms in total. The van der Waals surface area contributed by atoms with Gasteiger partial charge in [-0.2, -0.15) is 0 Å². The third-order valence-corrected chi connectivity index (χ3v) is 2.99. The van der Waals surface area contributed by atoms with Gasteiger partial charge in [0.15, 0.2) is 0 Å². The molecule has 0 unspecified atom stereocenters. The Hall–Kier alpha value is -1.87. The normalized spacial score (nSPS) is 14.4. The maximum Gasteiger partial charge on any atom is 0.145 e. The molecule has 1 aliphatic carbocycles. The van der Waals surface area contributed by atoms with E-state index in [0.29, 0.717) is 6.04 Å². The molecule has 92 valence electrons. The summed E-state index contributed by atoms with van der Waals surface area (Å²) in [6, 6.07) is 12.6. The Bertz CT molecular complexity index is 509. The van der Waals surface area contributed by atoms with Gasteiger partial charge in [-0.15, -0.1) is 0 Å². The van der Waals surface area contributed by atoms with Crippen molar-refractivity contribution in [3.63, 3.8) is 0 Å². The predicted octanol–water partition coefficient (Wildman–Crippen LogP) is 3.13. The molecule has 3 rings (SSSR count). The van der Waals surface area contributed by atoms with Gasteiger partial charge < -0.3 is 10.1 Å². The number of nitrogens with zero attached hydrogens (tertiary/aromatic N) is 1. The van der Waals surface area contributed by atoms with Crippen molar-refractivity contribution >= 4 is 0 Å². The number of benzene rings is 1. The average molecular weight is 240 g/mol. The molecule has 0 bridgehead atoms. The summed E-state index contributed by atoms with van der Waals surface area (Å²) in [6.07, 6.45) is 6.07. The first-order valence-electron chi connectivity index (χ1n) is 6.31. The lowest BCUT2D eigenvalue weighted by Gasteiger charge is -2.11. The number of hydrogen-bond donors (Lipinski definition) is 1. The first-order chi connectivity index (χ1) is 8.92. The Morgan fingerprint density at radius 3 is 2.83 bits per heavy atom. The van der Waals surface area contributed by atoms with Crippen LogP contribution in [0.1, 0.15) is 18.4 Å². The van der Waals surface area contributed by atoms with E-state index in [1.54, 1.807) is 12.4 Å². The van der Waals surface area contributed by atoms with Gasteiger partial charge in [0.05, 0.1) is 6.20 Å². The number of aromatic nitrogens is 1. The van der Waals surface area contributed by atoms with Crippen LogP contribution in [0.4, 0.5) is 0 Å². The Morgan fingerprint density at radius 2 is 2.06 bits per heavy atom. The average Bonchev–Trinajstić information content (AvgIpc) is 3.23. The van der Waals surface area contributed by atoms with Crippen LogP contribution >= 0.6 is 0 Å². The monoisotopic (exact) mass is 240 g/mol. The Morgan fingerprint density at radius 1 is 1.17 bits per heavy atom. The summed E-state index contributed by atoms with van der Waals surface area (Å²) in [7, 11) is 0. The van der Waals surface area contributed by atoms with Crippen LogP contribution < -0.4 is 10.1 Å². The van der Waals surface area contributed by atoms with Gasteiger partial charge >= 0.3 is 0 Å². The van der Waals surface area contributed by atoms with E-state index in [0.717, 1.165) is 18.0 Å². The molecule has 0 radical (unpaired) electrons. The quantitative estimate of drug-likeness (QED) is 0.871. The maximum absolute atomic E-state index is 5.86. The zero-order chi connectivity index (χ0) is 12.2. The number of rotatable bonds is 5. The molecule has 2 aromatic rings. The van der Waals surface area contributed by atoms with E-state index in [1.165, 1.54) is 18.4 Å². The fraction of sp³-hybridized carbons (Fsp3) is 0.267. The fourth-order valence-corrected chi connectivity index (χ4v) is 1.83. The van der Waals surface area contributed by atoms with Gasteiger partial charge in [-0.1, -0.05) is 18.2 Å². The van der Waals surface area contributed by atoms with Gasteiger partial charge in [0.25, 0.3) is 0 Å². The first-order valence-corrected chi connectivity index (χ1v) is 6.31. The summed E-state index contributed by atoms with van der Waals surface area (Å²) in [4.78, 5) is 4.05. The first kappa shape index (κ1) is 11.2. The second kappa shape index (κ2) is 5.19. The van der Waals surface area contributed by atoms with Crippen molar-refractivity contribution < 1.29 is 4.74 Å². The lowest BCUT2D eigenvalue weighted by molar-refractivity contribution is 0.470. The van der Waals surface area contributed by atoms with Crippen LogP contribution in [0.3, 0.4) is 0 Å². The smallest absolute Gasteiger partial charge is 0.145 e. The number of hydrogen-bond acceptors (Lipinski definition) is 3. The van der Waals surface area contributed by atoms with Crippen LogP contribution in [0.5, 0.6) is 11.5 Å². The second-order valence-corrected chi connectivity index (χ2v) is 4.55. The lowest BCUT2D eigenvalue weighted by Crippen LogP contribution is -2.15. The minimum Gasteiger partial charge on any atom is -0.455 e. The van der Waals surface area contributed by atoms with E-state index in [1.807, 2.05) is 30.3 Å². The van der Waals surface area contributed by atoms with Crippen molar-refractivity contribution in [2.75, 3.05) is 0 Å². The molecule has 1 aromatic heterocycles. The van der Waals surface area contributed by atoms with Gasteiger partial charge in [-0.3, -0.25) is 4.98 Å². The molecular weight excluding hydrogens is 224 g/mol. The van der Waals surface area contributed by atoms with Crippen LogP contribution in [0.2, 0.25) is 0 Å². The SMILES string of the molecule is c1cncc(Oc2ccccc2CNC2CC2)c1.